The molecule has 0 saturated carbocycles. The van der Waals surface area contributed by atoms with Crippen molar-refractivity contribution < 1.29 is 41.7 Å². The van der Waals surface area contributed by atoms with Gasteiger partial charge in [-0.2, -0.15) is 28.2 Å². The highest BCUT2D eigenvalue weighted by molar-refractivity contribution is 7.90. The van der Waals surface area contributed by atoms with E-state index in [1.807, 2.05) is 20.8 Å². The van der Waals surface area contributed by atoms with Crippen molar-refractivity contribution in [1.29, 1.82) is 0 Å². The summed E-state index contributed by atoms with van der Waals surface area (Å²) in [7, 11) is -0.667. The molecular formula is C27H28Cl2N8O10S. The Morgan fingerprint density at radius 3 is 2.25 bits per heavy atom. The Bertz CT molecular complexity index is 2020. The number of anilines is 1. The van der Waals surface area contributed by atoms with Crippen LogP contribution >= 0.6 is 23.2 Å². The largest absolute Gasteiger partial charge is 0.481 e. The van der Waals surface area contributed by atoms with E-state index in [9.17, 15) is 22.8 Å². The lowest BCUT2D eigenvalue weighted by atomic mass is 9.97. The fraction of sp³-hybridized carbons (Fsp3) is 0.296. The molecule has 0 radical (unpaired) electrons. The van der Waals surface area contributed by atoms with Gasteiger partial charge in [0, 0.05) is 18.5 Å². The maximum atomic E-state index is 12.3. The van der Waals surface area contributed by atoms with E-state index < -0.39 is 43.8 Å². The van der Waals surface area contributed by atoms with Crippen LogP contribution in [0.15, 0.2) is 38.6 Å². The fourth-order valence-corrected chi connectivity index (χ4v) is 5.24. The number of amides is 2. The second-order valence-electron chi connectivity index (χ2n) is 10.2. The number of methoxy groups -OCH3 is 2. The van der Waals surface area contributed by atoms with Crippen LogP contribution in [0, 0.1) is 12.3 Å². The molecule has 0 aliphatic carbocycles. The van der Waals surface area contributed by atoms with Crippen molar-refractivity contribution in [2.75, 3.05) is 26.1 Å². The molecule has 3 aromatic heterocycles. The number of carboxylic acid groups (broad SMARTS) is 1. The summed E-state index contributed by atoms with van der Waals surface area (Å²) in [5.74, 6) is 0.627. The lowest BCUT2D eigenvalue weighted by molar-refractivity contribution is 0.0692. The van der Waals surface area contributed by atoms with Crippen LogP contribution in [0.4, 0.5) is 10.7 Å². The molecule has 4 rings (SSSR count). The number of carbonyl (C=O) groups is 2. The van der Waals surface area contributed by atoms with Gasteiger partial charge >= 0.3 is 17.8 Å². The molecule has 0 saturated heterocycles. The predicted octanol–water partition coefficient (Wildman–Crippen LogP) is 2.88. The van der Waals surface area contributed by atoms with Gasteiger partial charge in [-0.05, 0) is 6.07 Å². The highest BCUT2D eigenvalue weighted by atomic mass is 35.5. The summed E-state index contributed by atoms with van der Waals surface area (Å²) in [5, 5.41) is 18.7. The minimum absolute atomic E-state index is 0.0434. The highest BCUT2D eigenvalue weighted by Crippen LogP contribution is 2.33. The number of hydrogen-bond acceptors (Lipinski definition) is 13. The van der Waals surface area contributed by atoms with E-state index in [4.69, 9.17) is 53.4 Å². The molecule has 0 atom stereocenters. The SMILES string of the molecule is C#CCOc1cc(-n2nc(C(C)(C)C)oc2=O)c(Cl)cc1Cl.COc1cc(OC)nc(NC(=O)NS(=O)(=O)c2c(C(=O)O)cnn2C)n1. The minimum atomic E-state index is -4.53. The molecule has 2 amide bonds. The second-order valence-corrected chi connectivity index (χ2v) is 12.6. The molecule has 4 aromatic rings. The summed E-state index contributed by atoms with van der Waals surface area (Å²) in [6.45, 7) is 5.69. The zero-order valence-corrected chi connectivity index (χ0v) is 28.4. The third-order valence-corrected chi connectivity index (χ3v) is 7.69. The molecule has 3 heterocycles. The van der Waals surface area contributed by atoms with Crippen molar-refractivity contribution >= 4 is 51.2 Å². The smallest absolute Gasteiger partial charge is 0.442 e. The van der Waals surface area contributed by atoms with Crippen molar-refractivity contribution in [3.63, 3.8) is 0 Å². The number of nitrogens with zero attached hydrogens (tertiary/aromatic N) is 6. The first-order valence-electron chi connectivity index (χ1n) is 13.1. The van der Waals surface area contributed by atoms with Gasteiger partial charge in [-0.25, -0.2) is 19.1 Å². The van der Waals surface area contributed by atoms with Crippen LogP contribution in [-0.2, 0) is 22.5 Å². The summed E-state index contributed by atoms with van der Waals surface area (Å²) in [6.07, 6.45) is 6.01. The maximum absolute atomic E-state index is 12.3. The van der Waals surface area contributed by atoms with Crippen LogP contribution in [0.1, 0.15) is 37.0 Å². The van der Waals surface area contributed by atoms with Gasteiger partial charge in [-0.1, -0.05) is 49.9 Å². The Balaban J connectivity index is 0.000000264. The maximum Gasteiger partial charge on any atom is 0.442 e. The van der Waals surface area contributed by atoms with E-state index in [1.165, 1.54) is 39.5 Å². The number of terminal acetylenes is 1. The summed E-state index contributed by atoms with van der Waals surface area (Å²) in [4.78, 5) is 42.7. The third kappa shape index (κ3) is 8.93. The molecule has 0 fully saturated rings. The van der Waals surface area contributed by atoms with Gasteiger partial charge < -0.3 is 23.7 Å². The number of nitrogens with one attached hydrogen (secondary N) is 2. The van der Waals surface area contributed by atoms with E-state index in [0.717, 1.165) is 15.6 Å². The van der Waals surface area contributed by atoms with Crippen molar-refractivity contribution in [2.45, 2.75) is 31.2 Å². The Morgan fingerprint density at radius 1 is 1.10 bits per heavy atom. The minimum Gasteiger partial charge on any atom is -0.481 e. The quantitative estimate of drug-likeness (QED) is 0.211. The lowest BCUT2D eigenvalue weighted by Crippen LogP contribution is -2.36. The molecular weight excluding hydrogens is 699 g/mol. The van der Waals surface area contributed by atoms with Gasteiger partial charge in [-0.15, -0.1) is 11.5 Å². The molecule has 21 heteroatoms. The van der Waals surface area contributed by atoms with Crippen LogP contribution in [0.5, 0.6) is 17.5 Å². The molecule has 0 aliphatic rings. The van der Waals surface area contributed by atoms with Crippen molar-refractivity contribution in [3.05, 3.63) is 56.4 Å². The van der Waals surface area contributed by atoms with Crippen LogP contribution in [-0.4, -0.2) is 75.9 Å². The second kappa shape index (κ2) is 15.1. The Labute approximate surface area is 283 Å². The highest BCUT2D eigenvalue weighted by Gasteiger charge is 2.29. The molecule has 0 aliphatic heterocycles. The Hall–Kier alpha value is -5.32. The molecule has 0 bridgehead atoms. The standard InChI is InChI=1S/C15H14Cl2N2O3.C12H14N6O7S/c1-5-6-21-12-8-11(9(16)7-10(12)17)19-14(20)22-13(18-19)15(2,3)4;1-18-9(6(5-13-18)10(19)20)26(22,23)17-12(21)16-11-14-7(24-2)4-8(15-11)25-3/h1,7-8H,6H2,2-4H3;4-5H,1-3H3,(H,19,20)(H2,14,15,16,17,21). The topological polar surface area (TPSA) is 232 Å². The van der Waals surface area contributed by atoms with E-state index in [-0.39, 0.29) is 34.4 Å². The van der Waals surface area contributed by atoms with Gasteiger partial charge in [-0.3, -0.25) is 10.00 Å². The number of sulfonamides is 1. The Morgan fingerprint density at radius 2 is 1.73 bits per heavy atom. The van der Waals surface area contributed by atoms with Crippen molar-refractivity contribution in [2.24, 2.45) is 7.05 Å². The average Bonchev–Trinajstić information content (AvgIpc) is 3.59. The van der Waals surface area contributed by atoms with Crippen LogP contribution < -0.4 is 30.0 Å². The van der Waals surface area contributed by atoms with Crippen molar-refractivity contribution in [1.82, 2.24) is 34.3 Å². The summed E-state index contributed by atoms with van der Waals surface area (Å²) in [5.41, 5.74) is -0.694. The number of carbonyl (C=O) groups excluding carboxylic acids is 1. The van der Waals surface area contributed by atoms with Crippen molar-refractivity contribution in [3.8, 4) is 35.5 Å². The van der Waals surface area contributed by atoms with Gasteiger partial charge in [0.05, 0.1) is 42.2 Å². The molecule has 48 heavy (non-hydrogen) atoms. The van der Waals surface area contributed by atoms with Gasteiger partial charge in [0.15, 0.2) is 5.03 Å². The summed E-state index contributed by atoms with van der Waals surface area (Å²) in [6, 6.07) is 3.08. The zero-order chi connectivity index (χ0) is 36.0. The monoisotopic (exact) mass is 726 g/mol. The third-order valence-electron chi connectivity index (χ3n) is 5.65. The van der Waals surface area contributed by atoms with Crippen LogP contribution in [0.25, 0.3) is 5.69 Å². The number of aromatic carboxylic acids is 1. The Kier molecular flexibility index (Phi) is 11.7. The number of urea groups is 1. The van der Waals surface area contributed by atoms with Gasteiger partial charge in [0.2, 0.25) is 23.6 Å². The first kappa shape index (κ1) is 37.1. The number of aryl methyl sites for hydroxylation is 1. The van der Waals surface area contributed by atoms with Gasteiger partial charge in [0.1, 0.15) is 17.9 Å². The number of benzene rings is 1. The number of halogens is 2. The number of aromatic nitrogens is 6. The molecule has 18 nitrogen and oxygen atoms in total. The first-order chi connectivity index (χ1) is 22.4. The predicted molar refractivity (Wildman–Crippen MR) is 170 cm³/mol. The molecule has 3 N–H and O–H groups in total. The van der Waals surface area contributed by atoms with Gasteiger partial charge in [0.25, 0.3) is 10.0 Å². The summed E-state index contributed by atoms with van der Waals surface area (Å²) < 4.78 is 48.4. The first-order valence-corrected chi connectivity index (χ1v) is 15.4. The van der Waals surface area contributed by atoms with Crippen LogP contribution in [0.3, 0.4) is 0 Å². The number of rotatable bonds is 9. The fourth-order valence-electron chi connectivity index (χ4n) is 3.50. The molecule has 1 aromatic carbocycles. The number of ether oxygens (including phenoxy) is 3. The molecule has 0 unspecified atom stereocenters. The average molecular weight is 728 g/mol. The van der Waals surface area contributed by atoms with E-state index in [1.54, 1.807) is 4.72 Å². The summed E-state index contributed by atoms with van der Waals surface area (Å²) >= 11 is 12.2. The normalized spacial score (nSPS) is 11.1. The molecule has 0 spiro atoms. The lowest BCUT2D eigenvalue weighted by Gasteiger charge is -2.11. The van der Waals surface area contributed by atoms with Crippen LogP contribution in [0.2, 0.25) is 10.0 Å². The molecule has 256 valence electrons. The number of hydrogen-bond donors (Lipinski definition) is 3. The zero-order valence-electron chi connectivity index (χ0n) is 26.1. The van der Waals surface area contributed by atoms with E-state index in [0.29, 0.717) is 17.3 Å². The van der Waals surface area contributed by atoms with E-state index in [2.05, 4.69) is 31.4 Å². The van der Waals surface area contributed by atoms with E-state index >= 15 is 0 Å². The number of carboxylic acids is 1.